The van der Waals surface area contributed by atoms with Crippen LogP contribution in [0.3, 0.4) is 0 Å². The molecule has 6 heteroatoms. The topological polar surface area (TPSA) is 48.4 Å². The molecule has 0 saturated carbocycles. The number of nitrogens with zero attached hydrogens (tertiary/aromatic N) is 1. The number of rotatable bonds is 4. The number of esters is 1. The molecule has 4 nitrogen and oxygen atoms in total. The van der Waals surface area contributed by atoms with E-state index < -0.39 is 5.97 Å². The van der Waals surface area contributed by atoms with Crippen LogP contribution in [0.25, 0.3) is 15.5 Å². The summed E-state index contributed by atoms with van der Waals surface area (Å²) in [5, 5.41) is 2.87. The van der Waals surface area contributed by atoms with Gasteiger partial charge in [-0.3, -0.25) is 0 Å². The predicted octanol–water partition coefficient (Wildman–Crippen LogP) is 3.03. The van der Waals surface area contributed by atoms with Crippen molar-refractivity contribution in [3.8, 4) is 9.88 Å². The van der Waals surface area contributed by atoms with Crippen molar-refractivity contribution in [3.05, 3.63) is 34.8 Å². The van der Waals surface area contributed by atoms with Gasteiger partial charge < -0.3 is 9.47 Å². The summed E-state index contributed by atoms with van der Waals surface area (Å²) in [6.07, 6.45) is 3.03. The average molecular weight is 281 g/mol. The Balaban J connectivity index is 2.33. The lowest BCUT2D eigenvalue weighted by molar-refractivity contribution is -0.133. The highest BCUT2D eigenvalue weighted by molar-refractivity contribution is 7.21. The van der Waals surface area contributed by atoms with Crippen LogP contribution in [0.15, 0.2) is 30.0 Å². The van der Waals surface area contributed by atoms with Gasteiger partial charge >= 0.3 is 5.97 Å². The molecule has 2 heterocycles. The Morgan fingerprint density at radius 3 is 2.89 bits per heavy atom. The van der Waals surface area contributed by atoms with Gasteiger partial charge in [0, 0.05) is 6.20 Å². The minimum absolute atomic E-state index is 0.375. The number of carbonyl (C=O) groups excluding carboxylic acids is 1. The van der Waals surface area contributed by atoms with E-state index in [0.29, 0.717) is 5.57 Å². The Labute approximate surface area is 113 Å². The van der Waals surface area contributed by atoms with Gasteiger partial charge in [-0.2, -0.15) is 0 Å². The molecular weight excluding hydrogens is 270 g/mol. The van der Waals surface area contributed by atoms with E-state index in [1.165, 1.54) is 31.8 Å². The lowest BCUT2D eigenvalue weighted by atomic mass is 10.3. The van der Waals surface area contributed by atoms with Crippen LogP contribution >= 0.6 is 22.7 Å². The molecule has 0 aliphatic carbocycles. The molecule has 18 heavy (non-hydrogen) atoms. The molecule has 0 aromatic carbocycles. The van der Waals surface area contributed by atoms with Crippen LogP contribution in [-0.2, 0) is 14.3 Å². The number of hydrogen-bond acceptors (Lipinski definition) is 6. The molecule has 0 spiro atoms. The van der Waals surface area contributed by atoms with Crippen molar-refractivity contribution in [2.24, 2.45) is 0 Å². The van der Waals surface area contributed by atoms with Crippen molar-refractivity contribution in [2.75, 3.05) is 14.2 Å². The van der Waals surface area contributed by atoms with Gasteiger partial charge in [0.15, 0.2) is 0 Å². The summed E-state index contributed by atoms with van der Waals surface area (Å²) in [5.41, 5.74) is 0.375. The van der Waals surface area contributed by atoms with E-state index >= 15 is 0 Å². The second kappa shape index (κ2) is 5.79. The molecule has 0 aliphatic rings. The lowest BCUT2D eigenvalue weighted by Gasteiger charge is -2.01. The Morgan fingerprint density at radius 2 is 2.28 bits per heavy atom. The van der Waals surface area contributed by atoms with E-state index in [1.807, 2.05) is 17.5 Å². The number of methoxy groups -OCH3 is 2. The summed E-state index contributed by atoms with van der Waals surface area (Å²) in [6, 6.07) is 3.96. The van der Waals surface area contributed by atoms with E-state index in [9.17, 15) is 4.79 Å². The fourth-order valence-electron chi connectivity index (χ4n) is 1.35. The standard InChI is InChI=1S/C12H11NO3S2/c1-15-7-8(12(14)16-2)10-6-13-11(18-10)9-4-3-5-17-9/h3-7H,1-2H3. The van der Waals surface area contributed by atoms with Gasteiger partial charge in [-0.1, -0.05) is 6.07 Å². The van der Waals surface area contributed by atoms with Gasteiger partial charge in [-0.05, 0) is 11.4 Å². The van der Waals surface area contributed by atoms with Crippen LogP contribution < -0.4 is 0 Å². The second-order valence-corrected chi connectivity index (χ2v) is 5.24. The van der Waals surface area contributed by atoms with Gasteiger partial charge in [0.2, 0.25) is 0 Å². The zero-order valence-electron chi connectivity index (χ0n) is 9.88. The Bertz CT molecular complexity index is 558. The van der Waals surface area contributed by atoms with Crippen molar-refractivity contribution in [1.82, 2.24) is 4.98 Å². The first-order valence-corrected chi connectivity index (χ1v) is 6.77. The third kappa shape index (κ3) is 2.60. The smallest absolute Gasteiger partial charge is 0.342 e. The van der Waals surface area contributed by atoms with Crippen molar-refractivity contribution >= 4 is 34.2 Å². The molecule has 0 fully saturated rings. The van der Waals surface area contributed by atoms with E-state index in [4.69, 9.17) is 9.47 Å². The number of ether oxygens (including phenoxy) is 2. The van der Waals surface area contributed by atoms with Crippen LogP contribution in [-0.4, -0.2) is 25.2 Å². The monoisotopic (exact) mass is 281 g/mol. The molecule has 0 unspecified atom stereocenters. The van der Waals surface area contributed by atoms with E-state index in [1.54, 1.807) is 17.5 Å². The highest BCUT2D eigenvalue weighted by atomic mass is 32.1. The van der Waals surface area contributed by atoms with Crippen LogP contribution in [0.4, 0.5) is 0 Å². The van der Waals surface area contributed by atoms with Crippen LogP contribution in [0.5, 0.6) is 0 Å². The maximum absolute atomic E-state index is 11.6. The third-order valence-electron chi connectivity index (χ3n) is 2.14. The molecule has 0 aliphatic heterocycles. The molecule has 0 atom stereocenters. The summed E-state index contributed by atoms with van der Waals surface area (Å²) in [7, 11) is 2.83. The van der Waals surface area contributed by atoms with Crippen LogP contribution in [0.2, 0.25) is 0 Å². The number of aromatic nitrogens is 1. The quantitative estimate of drug-likeness (QED) is 0.491. The predicted molar refractivity (Wildman–Crippen MR) is 72.4 cm³/mol. The Hall–Kier alpha value is -1.66. The minimum atomic E-state index is -0.432. The van der Waals surface area contributed by atoms with Crippen molar-refractivity contribution in [3.63, 3.8) is 0 Å². The molecule has 0 amide bonds. The highest BCUT2D eigenvalue weighted by Gasteiger charge is 2.17. The van der Waals surface area contributed by atoms with Gasteiger partial charge in [-0.15, -0.1) is 22.7 Å². The van der Waals surface area contributed by atoms with Gasteiger partial charge in [0.25, 0.3) is 0 Å². The molecule has 0 N–H and O–H groups in total. The summed E-state index contributed by atoms with van der Waals surface area (Å²) >= 11 is 3.04. The minimum Gasteiger partial charge on any atom is -0.503 e. The number of thiophene rings is 1. The van der Waals surface area contributed by atoms with Gasteiger partial charge in [0.05, 0.1) is 30.2 Å². The molecule has 0 bridgehead atoms. The third-order valence-corrected chi connectivity index (χ3v) is 4.21. The maximum Gasteiger partial charge on any atom is 0.342 e. The first-order chi connectivity index (χ1) is 8.76. The van der Waals surface area contributed by atoms with E-state index in [-0.39, 0.29) is 0 Å². The van der Waals surface area contributed by atoms with Crippen molar-refractivity contribution in [2.45, 2.75) is 0 Å². The molecule has 2 rings (SSSR count). The number of hydrogen-bond donors (Lipinski definition) is 0. The second-order valence-electron chi connectivity index (χ2n) is 3.27. The van der Waals surface area contributed by atoms with Crippen molar-refractivity contribution < 1.29 is 14.3 Å². The molecule has 0 radical (unpaired) electrons. The highest BCUT2D eigenvalue weighted by Crippen LogP contribution is 2.32. The van der Waals surface area contributed by atoms with Crippen LogP contribution in [0, 0.1) is 0 Å². The Morgan fingerprint density at radius 1 is 1.44 bits per heavy atom. The van der Waals surface area contributed by atoms with Gasteiger partial charge in [0.1, 0.15) is 10.6 Å². The summed E-state index contributed by atoms with van der Waals surface area (Å²) in [6.45, 7) is 0. The van der Waals surface area contributed by atoms with Crippen molar-refractivity contribution in [1.29, 1.82) is 0 Å². The fraction of sp³-hybridized carbons (Fsp3) is 0.167. The molecular formula is C12H11NO3S2. The molecule has 94 valence electrons. The summed E-state index contributed by atoms with van der Waals surface area (Å²) in [5.74, 6) is -0.432. The molecule has 0 saturated heterocycles. The maximum atomic E-state index is 11.6. The Kier molecular flexibility index (Phi) is 4.11. The summed E-state index contributed by atoms with van der Waals surface area (Å²) < 4.78 is 9.61. The van der Waals surface area contributed by atoms with E-state index in [2.05, 4.69) is 4.98 Å². The zero-order chi connectivity index (χ0) is 13.0. The largest absolute Gasteiger partial charge is 0.503 e. The SMILES string of the molecule is COC=C(C(=O)OC)c1cnc(-c2cccs2)s1. The van der Waals surface area contributed by atoms with E-state index in [0.717, 1.165) is 14.8 Å². The average Bonchev–Trinajstić information content (AvgIpc) is 3.04. The molecule has 2 aromatic heterocycles. The van der Waals surface area contributed by atoms with Gasteiger partial charge in [-0.25, -0.2) is 9.78 Å². The fourth-order valence-corrected chi connectivity index (χ4v) is 3.06. The normalized spacial score (nSPS) is 11.3. The van der Waals surface area contributed by atoms with Crippen LogP contribution in [0.1, 0.15) is 4.88 Å². The molecule has 2 aromatic rings. The first-order valence-electron chi connectivity index (χ1n) is 5.07. The number of thiazole rings is 1. The number of carbonyl (C=O) groups is 1. The first kappa shape index (κ1) is 12.8. The summed E-state index contributed by atoms with van der Waals surface area (Å²) in [4.78, 5) is 17.7. The zero-order valence-corrected chi connectivity index (χ0v) is 11.5. The lowest BCUT2D eigenvalue weighted by Crippen LogP contribution is -2.02.